The molecule has 1 saturated heterocycles. The number of carbonyl (C=O) groups excluding carboxylic acids is 2. The van der Waals surface area contributed by atoms with Crippen LogP contribution in [0.3, 0.4) is 0 Å². The first kappa shape index (κ1) is 16.5. The maximum atomic E-state index is 12.0. The third-order valence-corrected chi connectivity index (χ3v) is 3.64. The van der Waals surface area contributed by atoms with Crippen LogP contribution < -0.4 is 5.32 Å². The van der Waals surface area contributed by atoms with Crippen LogP contribution in [0.25, 0.3) is 0 Å². The molecule has 0 spiro atoms. The van der Waals surface area contributed by atoms with Gasteiger partial charge in [-0.15, -0.1) is 0 Å². The van der Waals surface area contributed by atoms with Crippen LogP contribution in [0.4, 0.5) is 0 Å². The van der Waals surface area contributed by atoms with Gasteiger partial charge in [-0.3, -0.25) is 9.59 Å². The molecule has 1 unspecified atom stereocenters. The van der Waals surface area contributed by atoms with Gasteiger partial charge in [0.2, 0.25) is 11.8 Å². The van der Waals surface area contributed by atoms with Gasteiger partial charge < -0.3 is 15.3 Å². The van der Waals surface area contributed by atoms with E-state index in [4.69, 9.17) is 0 Å². The number of hydrogen-bond acceptors (Lipinski definition) is 3. The Bertz CT molecular complexity index is 383. The number of rotatable bonds is 6. The largest absolute Gasteiger partial charge is 0.480 e. The molecular weight excluding hydrogens is 260 g/mol. The van der Waals surface area contributed by atoms with Crippen molar-refractivity contribution in [2.75, 3.05) is 13.1 Å². The third kappa shape index (κ3) is 4.51. The number of aliphatic carboxylic acids is 1. The number of likely N-dealkylation sites (tertiary alicyclic amines) is 1. The smallest absolute Gasteiger partial charge is 0.329 e. The van der Waals surface area contributed by atoms with E-state index in [2.05, 4.69) is 5.32 Å². The first-order chi connectivity index (χ1) is 9.39. The van der Waals surface area contributed by atoms with Crippen molar-refractivity contribution >= 4 is 17.8 Å². The Morgan fingerprint density at radius 1 is 1.35 bits per heavy atom. The molecule has 1 aliphatic rings. The molecule has 0 aliphatic carbocycles. The summed E-state index contributed by atoms with van der Waals surface area (Å²) >= 11 is 0. The summed E-state index contributed by atoms with van der Waals surface area (Å²) in [6.07, 6.45) is 4.24. The molecule has 0 bridgehead atoms. The summed E-state index contributed by atoms with van der Waals surface area (Å²) in [4.78, 5) is 36.6. The lowest BCUT2D eigenvalue weighted by Gasteiger charge is -2.28. The van der Waals surface area contributed by atoms with Crippen molar-refractivity contribution < 1.29 is 19.5 Å². The Morgan fingerprint density at radius 2 is 2.05 bits per heavy atom. The molecular formula is C14H24N2O4. The lowest BCUT2D eigenvalue weighted by atomic mass is 9.96. The zero-order valence-electron chi connectivity index (χ0n) is 12.3. The molecule has 0 aromatic heterocycles. The Balaban J connectivity index is 2.61. The van der Waals surface area contributed by atoms with E-state index in [1.54, 1.807) is 0 Å². The summed E-state index contributed by atoms with van der Waals surface area (Å²) in [5.74, 6) is -1.47. The van der Waals surface area contributed by atoms with E-state index in [1.165, 1.54) is 11.8 Å². The summed E-state index contributed by atoms with van der Waals surface area (Å²) < 4.78 is 0. The molecule has 0 radical (unpaired) electrons. The van der Waals surface area contributed by atoms with Gasteiger partial charge in [0, 0.05) is 13.0 Å². The van der Waals surface area contributed by atoms with Crippen molar-refractivity contribution in [3.63, 3.8) is 0 Å². The normalized spacial score (nSPS) is 19.1. The molecule has 1 atom stereocenters. The predicted molar refractivity (Wildman–Crippen MR) is 74.1 cm³/mol. The lowest BCUT2D eigenvalue weighted by Crippen LogP contribution is -2.54. The summed E-state index contributed by atoms with van der Waals surface area (Å²) in [6, 6.07) is 0. The van der Waals surface area contributed by atoms with Gasteiger partial charge in [0.25, 0.3) is 0 Å². The second kappa shape index (κ2) is 7.26. The fraction of sp³-hybridized carbons (Fsp3) is 0.786. The molecule has 2 amide bonds. The van der Waals surface area contributed by atoms with Crippen LogP contribution in [0.2, 0.25) is 0 Å². The van der Waals surface area contributed by atoms with Crippen molar-refractivity contribution in [3.05, 3.63) is 0 Å². The third-order valence-electron chi connectivity index (χ3n) is 3.64. The molecule has 0 saturated carbocycles. The van der Waals surface area contributed by atoms with Crippen molar-refractivity contribution in [3.8, 4) is 0 Å². The molecule has 20 heavy (non-hydrogen) atoms. The van der Waals surface area contributed by atoms with Crippen molar-refractivity contribution in [2.45, 2.75) is 57.9 Å². The number of carbonyl (C=O) groups is 3. The van der Waals surface area contributed by atoms with Gasteiger partial charge in [0.1, 0.15) is 5.54 Å². The number of carboxylic acid groups (broad SMARTS) is 1. The monoisotopic (exact) mass is 284 g/mol. The van der Waals surface area contributed by atoms with E-state index in [9.17, 15) is 19.5 Å². The summed E-state index contributed by atoms with van der Waals surface area (Å²) in [7, 11) is 0. The highest BCUT2D eigenvalue weighted by Gasteiger charge is 2.34. The number of nitrogens with zero attached hydrogens (tertiary/aromatic N) is 1. The Labute approximate surface area is 119 Å². The standard InChI is InChI=1S/C14H24N2O4/c1-3-8-14(2,13(19)20)15-11(17)10-16-9-6-4-5-7-12(16)18/h3-10H2,1-2H3,(H,15,17)(H,19,20). The lowest BCUT2D eigenvalue weighted by molar-refractivity contribution is -0.147. The van der Waals surface area contributed by atoms with E-state index in [1.807, 2.05) is 6.92 Å². The second-order valence-electron chi connectivity index (χ2n) is 5.56. The second-order valence-corrected chi connectivity index (χ2v) is 5.56. The summed E-state index contributed by atoms with van der Waals surface area (Å²) in [6.45, 7) is 3.89. The predicted octanol–water partition coefficient (Wildman–Crippen LogP) is 1.15. The zero-order valence-corrected chi connectivity index (χ0v) is 12.3. The van der Waals surface area contributed by atoms with Crippen LogP contribution in [0.15, 0.2) is 0 Å². The van der Waals surface area contributed by atoms with Crippen LogP contribution in [0.1, 0.15) is 52.4 Å². The maximum absolute atomic E-state index is 12.0. The van der Waals surface area contributed by atoms with Crippen LogP contribution in [-0.2, 0) is 14.4 Å². The summed E-state index contributed by atoms with van der Waals surface area (Å²) in [5.41, 5.74) is -1.26. The zero-order chi connectivity index (χ0) is 15.2. The van der Waals surface area contributed by atoms with E-state index >= 15 is 0 Å². The molecule has 1 fully saturated rings. The van der Waals surface area contributed by atoms with E-state index < -0.39 is 17.4 Å². The van der Waals surface area contributed by atoms with E-state index in [-0.39, 0.29) is 12.5 Å². The Kier molecular flexibility index (Phi) is 5.98. The SMILES string of the molecule is CCCC(C)(NC(=O)CN1CCCCCC1=O)C(=O)O. The first-order valence-electron chi connectivity index (χ1n) is 7.21. The quantitative estimate of drug-likeness (QED) is 0.766. The number of hydrogen-bond donors (Lipinski definition) is 2. The van der Waals surface area contributed by atoms with Crippen molar-refractivity contribution in [1.29, 1.82) is 0 Å². The van der Waals surface area contributed by atoms with Gasteiger partial charge >= 0.3 is 5.97 Å². The van der Waals surface area contributed by atoms with Crippen molar-refractivity contribution in [1.82, 2.24) is 10.2 Å². The minimum Gasteiger partial charge on any atom is -0.480 e. The molecule has 114 valence electrons. The van der Waals surface area contributed by atoms with Crippen LogP contribution >= 0.6 is 0 Å². The highest BCUT2D eigenvalue weighted by atomic mass is 16.4. The molecule has 1 aliphatic heterocycles. The summed E-state index contributed by atoms with van der Waals surface area (Å²) in [5, 5.41) is 11.8. The molecule has 2 N–H and O–H groups in total. The fourth-order valence-electron chi connectivity index (χ4n) is 2.45. The molecule has 6 heteroatoms. The van der Waals surface area contributed by atoms with Crippen molar-refractivity contribution in [2.24, 2.45) is 0 Å². The van der Waals surface area contributed by atoms with Gasteiger partial charge in [-0.05, 0) is 26.2 Å². The Hall–Kier alpha value is -1.59. The van der Waals surface area contributed by atoms with Gasteiger partial charge in [-0.2, -0.15) is 0 Å². The highest BCUT2D eigenvalue weighted by molar-refractivity contribution is 5.89. The van der Waals surface area contributed by atoms with Crippen LogP contribution in [0, 0.1) is 0 Å². The van der Waals surface area contributed by atoms with Gasteiger partial charge in [0.15, 0.2) is 0 Å². The number of amides is 2. The number of carboxylic acids is 1. The average molecular weight is 284 g/mol. The molecule has 0 aromatic rings. The topological polar surface area (TPSA) is 86.7 Å². The maximum Gasteiger partial charge on any atom is 0.329 e. The van der Waals surface area contributed by atoms with Crippen LogP contribution in [-0.4, -0.2) is 46.4 Å². The molecule has 0 aromatic carbocycles. The highest BCUT2D eigenvalue weighted by Crippen LogP contribution is 2.14. The minimum atomic E-state index is -1.26. The van der Waals surface area contributed by atoms with Gasteiger partial charge in [0.05, 0.1) is 6.54 Å². The average Bonchev–Trinajstić information content (AvgIpc) is 2.55. The van der Waals surface area contributed by atoms with E-state index in [0.717, 1.165) is 19.3 Å². The molecule has 1 heterocycles. The number of nitrogens with one attached hydrogen (secondary N) is 1. The van der Waals surface area contributed by atoms with E-state index in [0.29, 0.717) is 25.8 Å². The molecule has 6 nitrogen and oxygen atoms in total. The first-order valence-corrected chi connectivity index (χ1v) is 7.21. The van der Waals surface area contributed by atoms with Gasteiger partial charge in [-0.25, -0.2) is 4.79 Å². The fourth-order valence-corrected chi connectivity index (χ4v) is 2.45. The van der Waals surface area contributed by atoms with Crippen LogP contribution in [0.5, 0.6) is 0 Å². The molecule has 1 rings (SSSR count). The Morgan fingerprint density at radius 3 is 2.65 bits per heavy atom. The minimum absolute atomic E-state index is 0.0230. The van der Waals surface area contributed by atoms with Gasteiger partial charge in [-0.1, -0.05) is 19.8 Å².